The molecule has 0 spiro atoms. The SMILES string of the molecule is C[C@H]1C=C[C@@H](O)[C@@H](O)C1(F)F. The van der Waals surface area contributed by atoms with Gasteiger partial charge in [-0.2, -0.15) is 0 Å². The third kappa shape index (κ3) is 1.28. The quantitative estimate of drug-likeness (QED) is 0.513. The number of aliphatic hydroxyl groups is 2. The number of hydrogen-bond donors (Lipinski definition) is 2. The molecule has 0 radical (unpaired) electrons. The first-order chi connectivity index (χ1) is 4.96. The lowest BCUT2D eigenvalue weighted by atomic mass is 9.89. The molecule has 0 fully saturated rings. The minimum Gasteiger partial charge on any atom is -0.386 e. The van der Waals surface area contributed by atoms with Crippen molar-refractivity contribution in [3.8, 4) is 0 Å². The summed E-state index contributed by atoms with van der Waals surface area (Å²) >= 11 is 0. The lowest BCUT2D eigenvalue weighted by molar-refractivity contribution is -0.167. The van der Waals surface area contributed by atoms with E-state index in [9.17, 15) is 8.78 Å². The van der Waals surface area contributed by atoms with Crippen LogP contribution in [-0.2, 0) is 0 Å². The van der Waals surface area contributed by atoms with Gasteiger partial charge in [-0.3, -0.25) is 0 Å². The van der Waals surface area contributed by atoms with Gasteiger partial charge >= 0.3 is 0 Å². The summed E-state index contributed by atoms with van der Waals surface area (Å²) in [4.78, 5) is 0. The fourth-order valence-electron chi connectivity index (χ4n) is 1.01. The van der Waals surface area contributed by atoms with Gasteiger partial charge in [0.1, 0.15) is 12.2 Å². The van der Waals surface area contributed by atoms with Crippen LogP contribution in [0.4, 0.5) is 8.78 Å². The van der Waals surface area contributed by atoms with Gasteiger partial charge in [0.15, 0.2) is 0 Å². The van der Waals surface area contributed by atoms with Crippen LogP contribution in [-0.4, -0.2) is 28.3 Å². The van der Waals surface area contributed by atoms with Crippen LogP contribution in [0.2, 0.25) is 0 Å². The Hall–Kier alpha value is -0.480. The Morgan fingerprint density at radius 2 is 1.82 bits per heavy atom. The Balaban J connectivity index is 2.88. The molecular formula is C7H10F2O2. The Kier molecular flexibility index (Phi) is 1.98. The van der Waals surface area contributed by atoms with Crippen LogP contribution in [0.3, 0.4) is 0 Å². The predicted molar refractivity (Wildman–Crippen MR) is 35.3 cm³/mol. The number of alkyl halides is 2. The number of halogens is 2. The van der Waals surface area contributed by atoms with Crippen LogP contribution in [0.1, 0.15) is 6.92 Å². The Bertz CT molecular complexity index is 179. The molecule has 0 saturated carbocycles. The molecule has 2 nitrogen and oxygen atoms in total. The molecule has 1 aliphatic carbocycles. The molecule has 0 saturated heterocycles. The summed E-state index contributed by atoms with van der Waals surface area (Å²) in [5, 5.41) is 17.6. The van der Waals surface area contributed by atoms with Crippen LogP contribution in [0, 0.1) is 5.92 Å². The van der Waals surface area contributed by atoms with E-state index in [1.54, 1.807) is 0 Å². The summed E-state index contributed by atoms with van der Waals surface area (Å²) < 4.78 is 25.6. The number of rotatable bonds is 0. The summed E-state index contributed by atoms with van der Waals surface area (Å²) in [6, 6.07) is 0. The van der Waals surface area contributed by atoms with Gasteiger partial charge in [-0.25, -0.2) is 8.78 Å². The predicted octanol–water partition coefficient (Wildman–Crippen LogP) is 0.549. The molecule has 1 rings (SSSR count). The van der Waals surface area contributed by atoms with Crippen LogP contribution < -0.4 is 0 Å². The van der Waals surface area contributed by atoms with E-state index in [4.69, 9.17) is 10.2 Å². The third-order valence-electron chi connectivity index (χ3n) is 1.92. The van der Waals surface area contributed by atoms with E-state index >= 15 is 0 Å². The average molecular weight is 164 g/mol. The lowest BCUT2D eigenvalue weighted by Crippen LogP contribution is -2.48. The van der Waals surface area contributed by atoms with Gasteiger partial charge in [0.2, 0.25) is 0 Å². The summed E-state index contributed by atoms with van der Waals surface area (Å²) in [6.07, 6.45) is -1.02. The van der Waals surface area contributed by atoms with Gasteiger partial charge in [0.25, 0.3) is 5.92 Å². The molecule has 0 unspecified atom stereocenters. The van der Waals surface area contributed by atoms with Crippen LogP contribution in [0.5, 0.6) is 0 Å². The normalized spacial score (nSPS) is 42.5. The molecular weight excluding hydrogens is 154 g/mol. The monoisotopic (exact) mass is 164 g/mol. The highest BCUT2D eigenvalue weighted by molar-refractivity contribution is 5.09. The minimum atomic E-state index is -3.21. The molecule has 11 heavy (non-hydrogen) atoms. The average Bonchev–Trinajstić information content (AvgIpc) is 1.95. The molecule has 0 heterocycles. The van der Waals surface area contributed by atoms with Crippen molar-refractivity contribution < 1.29 is 19.0 Å². The molecule has 0 aromatic heterocycles. The maximum Gasteiger partial charge on any atom is 0.282 e. The smallest absolute Gasteiger partial charge is 0.282 e. The second-order valence-corrected chi connectivity index (χ2v) is 2.78. The van der Waals surface area contributed by atoms with E-state index in [-0.39, 0.29) is 0 Å². The van der Waals surface area contributed by atoms with Gasteiger partial charge in [0, 0.05) is 5.92 Å². The first kappa shape index (κ1) is 8.62. The first-order valence-electron chi connectivity index (χ1n) is 3.38. The van der Waals surface area contributed by atoms with Crippen molar-refractivity contribution in [1.29, 1.82) is 0 Å². The maximum absolute atomic E-state index is 12.8. The van der Waals surface area contributed by atoms with E-state index < -0.39 is 24.0 Å². The summed E-state index contributed by atoms with van der Waals surface area (Å²) in [7, 11) is 0. The largest absolute Gasteiger partial charge is 0.386 e. The Labute approximate surface area is 63.2 Å². The van der Waals surface area contributed by atoms with Crippen molar-refractivity contribution in [3.05, 3.63) is 12.2 Å². The molecule has 0 aliphatic heterocycles. The Morgan fingerprint density at radius 3 is 2.27 bits per heavy atom. The van der Waals surface area contributed by atoms with E-state index in [2.05, 4.69) is 0 Å². The molecule has 64 valence electrons. The van der Waals surface area contributed by atoms with Crippen molar-refractivity contribution in [3.63, 3.8) is 0 Å². The topological polar surface area (TPSA) is 40.5 Å². The third-order valence-corrected chi connectivity index (χ3v) is 1.92. The molecule has 4 heteroatoms. The minimum absolute atomic E-state index is 1.01. The molecule has 0 aromatic rings. The molecule has 2 N–H and O–H groups in total. The highest BCUT2D eigenvalue weighted by Crippen LogP contribution is 2.34. The van der Waals surface area contributed by atoms with Crippen molar-refractivity contribution >= 4 is 0 Å². The summed E-state index contributed by atoms with van der Waals surface area (Å²) in [5.41, 5.74) is 0. The highest BCUT2D eigenvalue weighted by atomic mass is 19.3. The molecule has 0 amide bonds. The number of hydrogen-bond acceptors (Lipinski definition) is 2. The molecule has 0 bridgehead atoms. The van der Waals surface area contributed by atoms with Gasteiger partial charge in [-0.1, -0.05) is 19.1 Å². The van der Waals surface area contributed by atoms with Gasteiger partial charge in [0.05, 0.1) is 0 Å². The molecule has 0 aromatic carbocycles. The lowest BCUT2D eigenvalue weighted by Gasteiger charge is -2.32. The second-order valence-electron chi connectivity index (χ2n) is 2.78. The summed E-state index contributed by atoms with van der Waals surface area (Å²) in [5.74, 6) is -4.23. The van der Waals surface area contributed by atoms with Crippen molar-refractivity contribution in [1.82, 2.24) is 0 Å². The van der Waals surface area contributed by atoms with Gasteiger partial charge in [-0.05, 0) is 0 Å². The van der Waals surface area contributed by atoms with Crippen LogP contribution in [0.25, 0.3) is 0 Å². The second kappa shape index (κ2) is 2.53. The number of aliphatic hydroxyl groups excluding tert-OH is 2. The zero-order valence-electron chi connectivity index (χ0n) is 6.04. The van der Waals surface area contributed by atoms with Crippen molar-refractivity contribution in [2.45, 2.75) is 25.1 Å². The van der Waals surface area contributed by atoms with Crippen LogP contribution in [0.15, 0.2) is 12.2 Å². The van der Waals surface area contributed by atoms with Gasteiger partial charge < -0.3 is 10.2 Å². The fraction of sp³-hybridized carbons (Fsp3) is 0.714. The zero-order valence-corrected chi connectivity index (χ0v) is 6.04. The van der Waals surface area contributed by atoms with E-state index in [1.165, 1.54) is 19.1 Å². The maximum atomic E-state index is 12.8. The fourth-order valence-corrected chi connectivity index (χ4v) is 1.01. The number of allylic oxidation sites excluding steroid dienone is 1. The standard InChI is InChI=1S/C7H10F2O2/c1-4-2-3-5(10)6(11)7(4,8)9/h2-6,10-11H,1H3/t4-,5+,6+/m0/s1. The van der Waals surface area contributed by atoms with E-state index in [0.29, 0.717) is 0 Å². The molecule has 1 aliphatic rings. The van der Waals surface area contributed by atoms with Gasteiger partial charge in [-0.15, -0.1) is 0 Å². The van der Waals surface area contributed by atoms with E-state index in [0.717, 1.165) is 0 Å². The first-order valence-corrected chi connectivity index (χ1v) is 3.38. The highest BCUT2D eigenvalue weighted by Gasteiger charge is 2.48. The van der Waals surface area contributed by atoms with E-state index in [1.807, 2.05) is 0 Å². The summed E-state index contributed by atoms with van der Waals surface area (Å²) in [6.45, 7) is 1.30. The van der Waals surface area contributed by atoms with Crippen molar-refractivity contribution in [2.24, 2.45) is 5.92 Å². The Morgan fingerprint density at radius 1 is 1.27 bits per heavy atom. The zero-order chi connectivity index (χ0) is 8.65. The van der Waals surface area contributed by atoms with Crippen LogP contribution >= 0.6 is 0 Å². The molecule has 3 atom stereocenters. The van der Waals surface area contributed by atoms with Crippen molar-refractivity contribution in [2.75, 3.05) is 0 Å².